The van der Waals surface area contributed by atoms with Crippen LogP contribution < -0.4 is 16.6 Å². The molecular formula is C14H16FN5. The third-order valence-corrected chi connectivity index (χ3v) is 3.36. The molecule has 2 aromatic rings. The van der Waals surface area contributed by atoms with Gasteiger partial charge in [-0.25, -0.2) is 20.2 Å². The van der Waals surface area contributed by atoms with Crippen molar-refractivity contribution in [3.63, 3.8) is 0 Å². The van der Waals surface area contributed by atoms with Crippen molar-refractivity contribution in [1.82, 2.24) is 9.97 Å². The van der Waals surface area contributed by atoms with E-state index in [-0.39, 0.29) is 5.82 Å². The second-order valence-corrected chi connectivity index (χ2v) is 4.95. The lowest BCUT2D eigenvalue weighted by molar-refractivity contribution is 0.619. The van der Waals surface area contributed by atoms with Gasteiger partial charge in [0.1, 0.15) is 23.3 Å². The second-order valence-electron chi connectivity index (χ2n) is 4.95. The third kappa shape index (κ3) is 2.55. The normalized spacial score (nSPS) is 14.2. The van der Waals surface area contributed by atoms with Crippen molar-refractivity contribution in [2.24, 2.45) is 5.84 Å². The van der Waals surface area contributed by atoms with E-state index in [2.05, 4.69) is 20.7 Å². The molecule has 1 saturated carbocycles. The number of hydrogen-bond acceptors (Lipinski definition) is 5. The van der Waals surface area contributed by atoms with Crippen molar-refractivity contribution in [1.29, 1.82) is 0 Å². The van der Waals surface area contributed by atoms with Gasteiger partial charge in [0.15, 0.2) is 0 Å². The topological polar surface area (TPSA) is 75.9 Å². The van der Waals surface area contributed by atoms with Gasteiger partial charge in [-0.1, -0.05) is 6.07 Å². The smallest absolute Gasteiger partial charge is 0.145 e. The van der Waals surface area contributed by atoms with E-state index in [0.717, 1.165) is 18.7 Å². The monoisotopic (exact) mass is 273 g/mol. The summed E-state index contributed by atoms with van der Waals surface area (Å²) >= 11 is 0. The van der Waals surface area contributed by atoms with Crippen LogP contribution in [-0.4, -0.2) is 9.97 Å². The van der Waals surface area contributed by atoms with Crippen molar-refractivity contribution in [2.45, 2.75) is 25.7 Å². The van der Waals surface area contributed by atoms with Crippen LogP contribution in [-0.2, 0) is 0 Å². The fraction of sp³-hybridized carbons (Fsp3) is 0.286. The number of halogens is 1. The molecular weight excluding hydrogens is 257 g/mol. The van der Waals surface area contributed by atoms with Gasteiger partial charge < -0.3 is 10.7 Å². The Hall–Kier alpha value is -2.21. The lowest BCUT2D eigenvalue weighted by Crippen LogP contribution is -2.11. The Bertz CT molecular complexity index is 639. The van der Waals surface area contributed by atoms with E-state index in [1.807, 2.05) is 6.07 Å². The molecule has 0 aliphatic heterocycles. The van der Waals surface area contributed by atoms with Crippen LogP contribution in [0.3, 0.4) is 0 Å². The molecule has 1 aliphatic rings. The highest BCUT2D eigenvalue weighted by Gasteiger charge is 2.27. The molecule has 1 aromatic carbocycles. The van der Waals surface area contributed by atoms with Gasteiger partial charge in [0.25, 0.3) is 0 Å². The van der Waals surface area contributed by atoms with Crippen LogP contribution in [0.5, 0.6) is 0 Å². The molecule has 6 heteroatoms. The minimum atomic E-state index is -0.247. The van der Waals surface area contributed by atoms with E-state index in [4.69, 9.17) is 5.84 Å². The maximum absolute atomic E-state index is 13.5. The van der Waals surface area contributed by atoms with Gasteiger partial charge in [-0.3, -0.25) is 0 Å². The van der Waals surface area contributed by atoms with Crippen LogP contribution in [0.2, 0.25) is 0 Å². The lowest BCUT2D eigenvalue weighted by Gasteiger charge is -2.11. The molecule has 0 amide bonds. The van der Waals surface area contributed by atoms with E-state index in [9.17, 15) is 4.39 Å². The molecule has 1 aliphatic carbocycles. The Labute approximate surface area is 116 Å². The van der Waals surface area contributed by atoms with Crippen LogP contribution in [0, 0.1) is 12.7 Å². The average molecular weight is 273 g/mol. The first kappa shape index (κ1) is 12.8. The van der Waals surface area contributed by atoms with Crippen LogP contribution in [0.4, 0.5) is 21.7 Å². The zero-order valence-corrected chi connectivity index (χ0v) is 11.2. The highest BCUT2D eigenvalue weighted by atomic mass is 19.1. The molecule has 1 heterocycles. The van der Waals surface area contributed by atoms with E-state index in [1.165, 1.54) is 6.07 Å². The molecule has 0 atom stereocenters. The molecule has 0 saturated heterocycles. The maximum Gasteiger partial charge on any atom is 0.145 e. The number of hydrazine groups is 1. The predicted molar refractivity (Wildman–Crippen MR) is 76.2 cm³/mol. The molecule has 0 bridgehead atoms. The Morgan fingerprint density at radius 2 is 2.00 bits per heavy atom. The Balaban J connectivity index is 1.93. The first-order valence-electron chi connectivity index (χ1n) is 6.55. The number of anilines is 3. The predicted octanol–water partition coefficient (Wildman–Crippen LogP) is 2.83. The van der Waals surface area contributed by atoms with Gasteiger partial charge in [0.2, 0.25) is 0 Å². The highest BCUT2D eigenvalue weighted by Crippen LogP contribution is 2.39. The molecule has 5 nitrogen and oxygen atoms in total. The summed E-state index contributed by atoms with van der Waals surface area (Å²) in [5.74, 6) is 7.54. The fourth-order valence-corrected chi connectivity index (χ4v) is 2.01. The summed E-state index contributed by atoms with van der Waals surface area (Å²) in [6, 6.07) is 6.61. The molecule has 1 fully saturated rings. The number of nitrogens with one attached hydrogen (secondary N) is 2. The summed E-state index contributed by atoms with van der Waals surface area (Å²) in [5, 5.41) is 3.12. The average Bonchev–Trinajstić information content (AvgIpc) is 3.28. The molecule has 1 aromatic heterocycles. The molecule has 3 rings (SSSR count). The summed E-state index contributed by atoms with van der Waals surface area (Å²) in [6.45, 7) is 1.72. The number of nitrogens with two attached hydrogens (primary N) is 1. The van der Waals surface area contributed by atoms with E-state index < -0.39 is 0 Å². The number of aromatic nitrogens is 2. The zero-order chi connectivity index (χ0) is 14.1. The Morgan fingerprint density at radius 1 is 1.25 bits per heavy atom. The fourth-order valence-electron chi connectivity index (χ4n) is 2.01. The summed E-state index contributed by atoms with van der Waals surface area (Å²) in [7, 11) is 0. The van der Waals surface area contributed by atoms with Crippen molar-refractivity contribution in [3.8, 4) is 0 Å². The van der Waals surface area contributed by atoms with Gasteiger partial charge in [-0.05, 0) is 31.9 Å². The second kappa shape index (κ2) is 5.05. The first-order valence-corrected chi connectivity index (χ1v) is 6.55. The molecule has 104 valence electrons. The van der Waals surface area contributed by atoms with Crippen molar-refractivity contribution >= 4 is 17.3 Å². The SMILES string of the molecule is Cc1c(F)cccc1Nc1cc(NN)nc(C2CC2)n1. The minimum absolute atomic E-state index is 0.247. The highest BCUT2D eigenvalue weighted by molar-refractivity contribution is 5.62. The molecule has 0 spiro atoms. The largest absolute Gasteiger partial charge is 0.340 e. The van der Waals surface area contributed by atoms with Crippen molar-refractivity contribution in [3.05, 3.63) is 41.5 Å². The van der Waals surface area contributed by atoms with E-state index >= 15 is 0 Å². The van der Waals surface area contributed by atoms with Gasteiger partial charge in [-0.15, -0.1) is 0 Å². The molecule has 0 unspecified atom stereocenters. The quantitative estimate of drug-likeness (QED) is 0.590. The number of rotatable bonds is 4. The van der Waals surface area contributed by atoms with Gasteiger partial charge in [-0.2, -0.15) is 0 Å². The lowest BCUT2D eigenvalue weighted by atomic mass is 10.2. The van der Waals surface area contributed by atoms with Crippen LogP contribution in [0.25, 0.3) is 0 Å². The summed E-state index contributed by atoms with van der Waals surface area (Å²) in [5.41, 5.74) is 3.78. The first-order chi connectivity index (χ1) is 9.67. The van der Waals surface area contributed by atoms with E-state index in [1.54, 1.807) is 19.1 Å². The minimum Gasteiger partial charge on any atom is -0.340 e. The van der Waals surface area contributed by atoms with Crippen LogP contribution in [0.15, 0.2) is 24.3 Å². The Morgan fingerprint density at radius 3 is 2.70 bits per heavy atom. The summed E-state index contributed by atoms with van der Waals surface area (Å²) < 4.78 is 13.5. The van der Waals surface area contributed by atoms with Crippen LogP contribution >= 0.6 is 0 Å². The number of nitrogens with zero attached hydrogens (tertiary/aromatic N) is 2. The zero-order valence-electron chi connectivity index (χ0n) is 11.2. The summed E-state index contributed by atoms with van der Waals surface area (Å²) in [4.78, 5) is 8.80. The maximum atomic E-state index is 13.5. The molecule has 20 heavy (non-hydrogen) atoms. The van der Waals surface area contributed by atoms with Crippen LogP contribution in [0.1, 0.15) is 30.1 Å². The van der Waals surface area contributed by atoms with Crippen molar-refractivity contribution < 1.29 is 4.39 Å². The number of benzene rings is 1. The van der Waals surface area contributed by atoms with E-state index in [0.29, 0.717) is 28.8 Å². The molecule has 4 N–H and O–H groups in total. The van der Waals surface area contributed by atoms with Gasteiger partial charge in [0, 0.05) is 23.2 Å². The van der Waals surface area contributed by atoms with Gasteiger partial charge in [0.05, 0.1) is 0 Å². The molecule has 0 radical (unpaired) electrons. The number of hydrogen-bond donors (Lipinski definition) is 3. The third-order valence-electron chi connectivity index (χ3n) is 3.36. The van der Waals surface area contributed by atoms with Gasteiger partial charge >= 0.3 is 0 Å². The number of nitrogen functional groups attached to an aromatic ring is 1. The standard InChI is InChI=1S/C14H16FN5/c1-8-10(15)3-2-4-11(8)17-12-7-13(20-16)19-14(18-12)9-5-6-9/h2-4,7,9H,5-6,16H2,1H3,(H2,17,18,19,20). The Kier molecular flexibility index (Phi) is 3.23. The van der Waals surface area contributed by atoms with Crippen molar-refractivity contribution in [2.75, 3.05) is 10.7 Å². The summed E-state index contributed by atoms with van der Waals surface area (Å²) in [6.07, 6.45) is 2.21.